The summed E-state index contributed by atoms with van der Waals surface area (Å²) in [6.45, 7) is 0.228. The summed E-state index contributed by atoms with van der Waals surface area (Å²) in [5, 5.41) is 11.4. The van der Waals surface area contributed by atoms with Crippen molar-refractivity contribution in [2.75, 3.05) is 6.54 Å². The van der Waals surface area contributed by atoms with Crippen molar-refractivity contribution in [3.05, 3.63) is 0 Å². The van der Waals surface area contributed by atoms with Gasteiger partial charge in [-0.3, -0.25) is 4.79 Å². The smallest absolute Gasteiger partial charge is 0.393 e. The fourth-order valence-corrected chi connectivity index (χ4v) is 1.74. The number of rotatable bonds is 3. The zero-order chi connectivity index (χ0) is 11.5. The molecule has 88 valence electrons. The molecular weight excluding hydrogens is 211 g/mol. The lowest BCUT2D eigenvalue weighted by Gasteiger charge is -2.11. The second-order valence-corrected chi connectivity index (χ2v) is 3.93. The lowest BCUT2D eigenvalue weighted by atomic mass is 10.1. The molecule has 0 aromatic heterocycles. The van der Waals surface area contributed by atoms with E-state index in [2.05, 4.69) is 5.32 Å². The normalized spacial score (nSPS) is 26.7. The Morgan fingerprint density at radius 3 is 2.53 bits per heavy atom. The number of nitrogens with one attached hydrogen (secondary N) is 1. The van der Waals surface area contributed by atoms with Crippen LogP contribution in [0, 0.1) is 5.92 Å². The number of hydrogen-bond donors (Lipinski definition) is 2. The molecule has 2 N–H and O–H groups in total. The molecular formula is C9H14F3NO2. The maximum absolute atomic E-state index is 11.8. The number of alkyl halides is 3. The second kappa shape index (κ2) is 4.83. The predicted molar refractivity (Wildman–Crippen MR) is 47.0 cm³/mol. The minimum Gasteiger partial charge on any atom is -0.393 e. The van der Waals surface area contributed by atoms with Gasteiger partial charge in [-0.2, -0.15) is 13.2 Å². The van der Waals surface area contributed by atoms with Gasteiger partial charge in [0.25, 0.3) is 0 Å². The quantitative estimate of drug-likeness (QED) is 0.758. The van der Waals surface area contributed by atoms with Crippen molar-refractivity contribution in [3.8, 4) is 0 Å². The summed E-state index contributed by atoms with van der Waals surface area (Å²) < 4.78 is 35.3. The molecule has 2 atom stereocenters. The molecule has 1 aliphatic rings. The molecule has 0 spiro atoms. The van der Waals surface area contributed by atoms with Crippen LogP contribution >= 0.6 is 0 Å². The molecule has 1 saturated carbocycles. The summed E-state index contributed by atoms with van der Waals surface area (Å²) >= 11 is 0. The Bertz CT molecular complexity index is 230. The van der Waals surface area contributed by atoms with Crippen LogP contribution in [-0.4, -0.2) is 29.8 Å². The van der Waals surface area contributed by atoms with Crippen molar-refractivity contribution in [1.82, 2.24) is 5.32 Å². The van der Waals surface area contributed by atoms with Gasteiger partial charge in [-0.25, -0.2) is 0 Å². The molecule has 1 amide bonds. The molecule has 0 aromatic carbocycles. The molecule has 6 heteroatoms. The van der Waals surface area contributed by atoms with E-state index < -0.39 is 18.5 Å². The number of aliphatic hydroxyl groups excluding tert-OH is 1. The lowest BCUT2D eigenvalue weighted by molar-refractivity contribution is -0.153. The van der Waals surface area contributed by atoms with Gasteiger partial charge < -0.3 is 10.4 Å². The maximum atomic E-state index is 11.8. The van der Waals surface area contributed by atoms with Crippen molar-refractivity contribution in [2.45, 2.75) is 38.0 Å². The highest BCUT2D eigenvalue weighted by Gasteiger charge is 2.31. The minimum absolute atomic E-state index is 0.109. The summed E-state index contributed by atoms with van der Waals surface area (Å²) in [5.41, 5.74) is 0. The van der Waals surface area contributed by atoms with E-state index in [1.54, 1.807) is 0 Å². The third-order valence-corrected chi connectivity index (χ3v) is 2.46. The fourth-order valence-electron chi connectivity index (χ4n) is 1.74. The zero-order valence-electron chi connectivity index (χ0n) is 8.18. The monoisotopic (exact) mass is 225 g/mol. The van der Waals surface area contributed by atoms with E-state index in [0.717, 1.165) is 6.42 Å². The summed E-state index contributed by atoms with van der Waals surface area (Å²) in [5.74, 6) is -0.888. The summed E-state index contributed by atoms with van der Waals surface area (Å²) in [4.78, 5) is 10.8. The molecule has 1 fully saturated rings. The maximum Gasteiger partial charge on any atom is 0.397 e. The number of amides is 1. The van der Waals surface area contributed by atoms with Crippen LogP contribution in [0.5, 0.6) is 0 Å². The van der Waals surface area contributed by atoms with Gasteiger partial charge >= 0.3 is 6.18 Å². The van der Waals surface area contributed by atoms with Crippen LogP contribution in [0.4, 0.5) is 13.2 Å². The van der Waals surface area contributed by atoms with Crippen LogP contribution in [0.3, 0.4) is 0 Å². The van der Waals surface area contributed by atoms with Crippen LogP contribution in [0.2, 0.25) is 0 Å². The molecule has 0 aromatic rings. The number of carbonyl (C=O) groups excluding carboxylic acids is 1. The van der Waals surface area contributed by atoms with Crippen LogP contribution in [0.25, 0.3) is 0 Å². The predicted octanol–water partition coefficient (Wildman–Crippen LogP) is 1.22. The Hall–Kier alpha value is -0.780. The van der Waals surface area contributed by atoms with E-state index in [1.807, 2.05) is 0 Å². The van der Waals surface area contributed by atoms with Crippen molar-refractivity contribution >= 4 is 5.91 Å². The molecule has 0 aliphatic heterocycles. The van der Waals surface area contributed by atoms with E-state index in [4.69, 9.17) is 5.11 Å². The van der Waals surface area contributed by atoms with Gasteiger partial charge in [-0.15, -0.1) is 0 Å². The van der Waals surface area contributed by atoms with Crippen LogP contribution in [0.1, 0.15) is 25.7 Å². The van der Waals surface area contributed by atoms with E-state index in [-0.39, 0.29) is 18.6 Å². The van der Waals surface area contributed by atoms with Crippen LogP contribution in [-0.2, 0) is 4.79 Å². The molecule has 3 nitrogen and oxygen atoms in total. The van der Waals surface area contributed by atoms with Gasteiger partial charge in [0.05, 0.1) is 6.10 Å². The first-order chi connectivity index (χ1) is 6.87. The standard InChI is InChI=1S/C9H14F3NO2/c10-9(11,12)4-8(15)13-5-6-1-2-7(14)3-6/h6-7,14H,1-5H2,(H,13,15). The third-order valence-electron chi connectivity index (χ3n) is 2.46. The Labute approximate surface area is 85.7 Å². The van der Waals surface area contributed by atoms with Crippen molar-refractivity contribution < 1.29 is 23.1 Å². The molecule has 0 heterocycles. The van der Waals surface area contributed by atoms with Crippen molar-refractivity contribution in [3.63, 3.8) is 0 Å². The Kier molecular flexibility index (Phi) is 3.96. The Morgan fingerprint density at radius 2 is 2.07 bits per heavy atom. The molecule has 0 radical (unpaired) electrons. The number of aliphatic hydroxyl groups is 1. The third kappa shape index (κ3) is 5.01. The van der Waals surface area contributed by atoms with E-state index in [9.17, 15) is 18.0 Å². The highest BCUT2D eigenvalue weighted by molar-refractivity contribution is 5.76. The van der Waals surface area contributed by atoms with Gasteiger partial charge in [-0.1, -0.05) is 0 Å². The summed E-state index contributed by atoms with van der Waals surface area (Å²) in [6.07, 6.45) is -4.25. The number of carbonyl (C=O) groups is 1. The van der Waals surface area contributed by atoms with Crippen molar-refractivity contribution in [2.24, 2.45) is 5.92 Å². The SMILES string of the molecule is O=C(CC(F)(F)F)NCC1CCC(O)C1. The van der Waals surface area contributed by atoms with E-state index in [1.165, 1.54) is 0 Å². The highest BCUT2D eigenvalue weighted by Crippen LogP contribution is 2.25. The van der Waals surface area contributed by atoms with E-state index >= 15 is 0 Å². The molecule has 0 saturated heterocycles. The molecule has 2 unspecified atom stereocenters. The molecule has 15 heavy (non-hydrogen) atoms. The largest absolute Gasteiger partial charge is 0.397 e. The minimum atomic E-state index is -4.45. The average Bonchev–Trinajstić information content (AvgIpc) is 2.45. The molecule has 1 rings (SSSR count). The van der Waals surface area contributed by atoms with Crippen molar-refractivity contribution in [1.29, 1.82) is 0 Å². The zero-order valence-corrected chi connectivity index (χ0v) is 8.18. The first-order valence-electron chi connectivity index (χ1n) is 4.88. The van der Waals surface area contributed by atoms with Gasteiger partial charge in [0.2, 0.25) is 5.91 Å². The lowest BCUT2D eigenvalue weighted by Crippen LogP contribution is -2.32. The van der Waals surface area contributed by atoms with Crippen LogP contribution in [0.15, 0.2) is 0 Å². The van der Waals surface area contributed by atoms with Gasteiger partial charge in [-0.05, 0) is 25.2 Å². The molecule has 1 aliphatic carbocycles. The van der Waals surface area contributed by atoms with E-state index in [0.29, 0.717) is 12.8 Å². The summed E-state index contributed by atoms with van der Waals surface area (Å²) in [7, 11) is 0. The van der Waals surface area contributed by atoms with Gasteiger partial charge in [0, 0.05) is 6.54 Å². The highest BCUT2D eigenvalue weighted by atomic mass is 19.4. The summed E-state index contributed by atoms with van der Waals surface area (Å²) in [6, 6.07) is 0. The number of hydrogen-bond acceptors (Lipinski definition) is 2. The van der Waals surface area contributed by atoms with Gasteiger partial charge in [0.1, 0.15) is 6.42 Å². The first kappa shape index (κ1) is 12.3. The first-order valence-corrected chi connectivity index (χ1v) is 4.88. The van der Waals surface area contributed by atoms with Gasteiger partial charge in [0.15, 0.2) is 0 Å². The second-order valence-electron chi connectivity index (χ2n) is 3.93. The molecule has 0 bridgehead atoms. The number of halogens is 3. The Balaban J connectivity index is 2.17. The fraction of sp³-hybridized carbons (Fsp3) is 0.889. The topological polar surface area (TPSA) is 49.3 Å². The Morgan fingerprint density at radius 1 is 1.40 bits per heavy atom. The average molecular weight is 225 g/mol. The van der Waals surface area contributed by atoms with Crippen LogP contribution < -0.4 is 5.32 Å².